The monoisotopic (exact) mass is 391 g/mol. The van der Waals surface area contributed by atoms with Crippen molar-refractivity contribution in [3.05, 3.63) is 47.2 Å². The zero-order valence-electron chi connectivity index (χ0n) is 14.6. The molecule has 5 nitrogen and oxygen atoms in total. The first-order valence-corrected chi connectivity index (χ1v) is 9.31. The molecule has 2 aromatic carbocycles. The molecule has 27 heavy (non-hydrogen) atoms. The zero-order chi connectivity index (χ0) is 18.9. The Balaban J connectivity index is 1.35. The van der Waals surface area contributed by atoms with E-state index in [1.807, 2.05) is 0 Å². The summed E-state index contributed by atoms with van der Waals surface area (Å²) in [5.41, 5.74) is 0.593. The van der Waals surface area contributed by atoms with Crippen molar-refractivity contribution >= 4 is 23.2 Å². The van der Waals surface area contributed by atoms with E-state index in [0.29, 0.717) is 22.9 Å². The van der Waals surface area contributed by atoms with Crippen LogP contribution in [0.1, 0.15) is 32.1 Å². The average molecular weight is 392 g/mol. The number of hydrogen-bond acceptors (Lipinski definition) is 4. The molecular weight excluding hydrogens is 373 g/mol. The van der Waals surface area contributed by atoms with Crippen molar-refractivity contribution in [2.24, 2.45) is 0 Å². The number of anilines is 1. The minimum atomic E-state index is -0.547. The molecule has 0 unspecified atom stereocenters. The van der Waals surface area contributed by atoms with Crippen molar-refractivity contribution in [1.29, 1.82) is 0 Å². The Morgan fingerprint density at radius 2 is 1.89 bits per heavy atom. The van der Waals surface area contributed by atoms with E-state index in [1.165, 1.54) is 24.6 Å². The number of hydrogen-bond donors (Lipinski definition) is 1. The molecule has 1 N–H and O–H groups in total. The van der Waals surface area contributed by atoms with Gasteiger partial charge < -0.3 is 19.5 Å². The van der Waals surface area contributed by atoms with Gasteiger partial charge in [-0.15, -0.1) is 0 Å². The molecule has 0 bridgehead atoms. The summed E-state index contributed by atoms with van der Waals surface area (Å²) in [5, 5.41) is 2.70. The second kappa shape index (κ2) is 7.27. The maximum absolute atomic E-state index is 13.1. The summed E-state index contributed by atoms with van der Waals surface area (Å²) < 4.78 is 30.6. The number of amides is 1. The summed E-state index contributed by atoms with van der Waals surface area (Å²) in [6.45, 7) is -0.222. The molecule has 142 valence electrons. The maximum atomic E-state index is 13.1. The van der Waals surface area contributed by atoms with Gasteiger partial charge in [-0.25, -0.2) is 4.39 Å². The summed E-state index contributed by atoms with van der Waals surface area (Å²) in [5.74, 6) is 0.231. The molecule has 0 atom stereocenters. The predicted octanol–water partition coefficient (Wildman–Crippen LogP) is 4.93. The molecule has 2 aliphatic rings. The first-order chi connectivity index (χ1) is 13.0. The number of halogens is 2. The van der Waals surface area contributed by atoms with Crippen LogP contribution in [-0.4, -0.2) is 18.3 Å². The smallest absolute Gasteiger partial charge is 0.262 e. The minimum Gasteiger partial charge on any atom is -0.484 e. The number of rotatable bonds is 4. The van der Waals surface area contributed by atoms with Crippen LogP contribution in [0.15, 0.2) is 36.4 Å². The number of carbonyl (C=O) groups is 1. The molecule has 1 fully saturated rings. The van der Waals surface area contributed by atoms with Gasteiger partial charge in [0.15, 0.2) is 18.1 Å². The average Bonchev–Trinajstić information content (AvgIpc) is 3.00. The Morgan fingerprint density at radius 3 is 2.67 bits per heavy atom. The number of fused-ring (bicyclic) bond motifs is 1. The Hall–Kier alpha value is -2.47. The predicted molar refractivity (Wildman–Crippen MR) is 99.0 cm³/mol. The van der Waals surface area contributed by atoms with Crippen molar-refractivity contribution in [1.82, 2.24) is 0 Å². The first-order valence-electron chi connectivity index (χ1n) is 8.93. The molecule has 0 aromatic heterocycles. The van der Waals surface area contributed by atoms with Crippen molar-refractivity contribution in [2.75, 3.05) is 11.9 Å². The van der Waals surface area contributed by atoms with Crippen molar-refractivity contribution < 1.29 is 23.4 Å². The Kier molecular flexibility index (Phi) is 4.83. The highest BCUT2D eigenvalue weighted by atomic mass is 35.5. The van der Waals surface area contributed by atoms with Gasteiger partial charge in [-0.2, -0.15) is 0 Å². The van der Waals surface area contributed by atoms with Gasteiger partial charge in [-0.05, 0) is 37.1 Å². The van der Waals surface area contributed by atoms with Gasteiger partial charge in [0.25, 0.3) is 11.7 Å². The van der Waals surface area contributed by atoms with Gasteiger partial charge in [0.05, 0.1) is 5.02 Å². The Bertz CT molecular complexity index is 867. The second-order valence-corrected chi connectivity index (χ2v) is 7.16. The summed E-state index contributed by atoms with van der Waals surface area (Å²) in [4.78, 5) is 12.1. The third kappa shape index (κ3) is 3.95. The van der Waals surface area contributed by atoms with Crippen molar-refractivity contribution in [3.63, 3.8) is 0 Å². The van der Waals surface area contributed by atoms with Crippen molar-refractivity contribution in [3.8, 4) is 17.2 Å². The largest absolute Gasteiger partial charge is 0.484 e. The molecule has 2 aromatic rings. The third-order valence-corrected chi connectivity index (χ3v) is 4.99. The molecule has 1 heterocycles. The lowest BCUT2D eigenvalue weighted by molar-refractivity contribution is -0.118. The maximum Gasteiger partial charge on any atom is 0.262 e. The van der Waals surface area contributed by atoms with Gasteiger partial charge >= 0.3 is 0 Å². The normalized spacial score (nSPS) is 17.0. The lowest BCUT2D eigenvalue weighted by Crippen LogP contribution is -2.40. The molecule has 1 aliphatic heterocycles. The minimum absolute atomic E-state index is 0.0553. The van der Waals surface area contributed by atoms with Gasteiger partial charge in [0.1, 0.15) is 11.6 Å². The van der Waals surface area contributed by atoms with E-state index in [9.17, 15) is 9.18 Å². The van der Waals surface area contributed by atoms with Crippen LogP contribution in [-0.2, 0) is 4.79 Å². The van der Waals surface area contributed by atoms with Crippen LogP contribution < -0.4 is 19.5 Å². The van der Waals surface area contributed by atoms with Gasteiger partial charge in [-0.3, -0.25) is 4.79 Å². The lowest BCUT2D eigenvalue weighted by atomic mass is 9.94. The summed E-state index contributed by atoms with van der Waals surface area (Å²) in [6, 6.07) is 9.25. The molecule has 1 amide bonds. The van der Waals surface area contributed by atoms with E-state index in [1.54, 1.807) is 18.2 Å². The highest BCUT2D eigenvalue weighted by Crippen LogP contribution is 2.46. The van der Waals surface area contributed by atoms with E-state index >= 15 is 0 Å². The summed E-state index contributed by atoms with van der Waals surface area (Å²) in [6.07, 6.45) is 5.12. The topological polar surface area (TPSA) is 56.8 Å². The Labute approximate surface area is 161 Å². The molecule has 0 radical (unpaired) electrons. The highest BCUT2D eigenvalue weighted by Gasteiger charge is 2.42. The fourth-order valence-electron chi connectivity index (χ4n) is 3.38. The van der Waals surface area contributed by atoms with E-state index in [2.05, 4.69) is 5.32 Å². The standard InChI is InChI=1S/C20H19ClFNO4/c21-15-11-14(5-6-16(15)22)25-12-19(24)23-13-4-7-17-18(10-13)27-20(26-17)8-2-1-3-9-20/h4-7,10-11H,1-3,8-9,12H2,(H,23,24). The van der Waals surface area contributed by atoms with Gasteiger partial charge in [0, 0.05) is 30.7 Å². The second-order valence-electron chi connectivity index (χ2n) is 6.75. The van der Waals surface area contributed by atoms with Gasteiger partial charge in [-0.1, -0.05) is 18.0 Å². The van der Waals surface area contributed by atoms with E-state index in [-0.39, 0.29) is 17.5 Å². The molecule has 4 rings (SSSR count). The van der Waals surface area contributed by atoms with Crippen LogP contribution in [0.5, 0.6) is 17.2 Å². The van der Waals surface area contributed by atoms with E-state index in [4.69, 9.17) is 25.8 Å². The molecule has 1 spiro atoms. The summed E-state index contributed by atoms with van der Waals surface area (Å²) in [7, 11) is 0. The third-order valence-electron chi connectivity index (χ3n) is 4.70. The van der Waals surface area contributed by atoms with Crippen molar-refractivity contribution in [2.45, 2.75) is 37.9 Å². The highest BCUT2D eigenvalue weighted by molar-refractivity contribution is 6.30. The van der Waals surface area contributed by atoms with Crippen LogP contribution in [0.4, 0.5) is 10.1 Å². The molecule has 1 aliphatic carbocycles. The number of ether oxygens (including phenoxy) is 3. The van der Waals surface area contributed by atoms with E-state index in [0.717, 1.165) is 25.7 Å². The number of carbonyl (C=O) groups excluding carboxylic acids is 1. The molecule has 0 saturated heterocycles. The zero-order valence-corrected chi connectivity index (χ0v) is 15.4. The quantitative estimate of drug-likeness (QED) is 0.803. The van der Waals surface area contributed by atoms with Crippen LogP contribution in [0.2, 0.25) is 5.02 Å². The van der Waals surface area contributed by atoms with Crippen LogP contribution in [0.3, 0.4) is 0 Å². The molecular formula is C20H19ClFNO4. The van der Waals surface area contributed by atoms with E-state index < -0.39 is 11.6 Å². The Morgan fingerprint density at radius 1 is 1.11 bits per heavy atom. The lowest BCUT2D eigenvalue weighted by Gasteiger charge is -2.31. The SMILES string of the molecule is O=C(COc1ccc(F)c(Cl)c1)Nc1ccc2c(c1)OC1(CCCCC1)O2. The number of nitrogens with one attached hydrogen (secondary N) is 1. The molecule has 7 heteroatoms. The van der Waals surface area contributed by atoms with Crippen LogP contribution in [0.25, 0.3) is 0 Å². The van der Waals surface area contributed by atoms with Gasteiger partial charge in [0.2, 0.25) is 0 Å². The fourth-order valence-corrected chi connectivity index (χ4v) is 3.55. The first kappa shape index (κ1) is 17.9. The van der Waals surface area contributed by atoms with Crippen LogP contribution >= 0.6 is 11.6 Å². The number of benzene rings is 2. The summed E-state index contributed by atoms with van der Waals surface area (Å²) >= 11 is 5.69. The molecule has 1 saturated carbocycles. The fraction of sp³-hybridized carbons (Fsp3) is 0.350. The van der Waals surface area contributed by atoms with Crippen LogP contribution in [0, 0.1) is 5.82 Å².